The van der Waals surface area contributed by atoms with Crippen molar-refractivity contribution in [2.75, 3.05) is 0 Å². The Morgan fingerprint density at radius 2 is 2.20 bits per heavy atom. The van der Waals surface area contributed by atoms with Crippen molar-refractivity contribution in [2.24, 2.45) is 0 Å². The molecule has 0 fully saturated rings. The van der Waals surface area contributed by atoms with Gasteiger partial charge in [-0.3, -0.25) is 0 Å². The van der Waals surface area contributed by atoms with Crippen LogP contribution in [-0.2, 0) is 0 Å². The Bertz CT molecular complexity index is 7.51. The molecule has 0 unspecified atom stereocenters. The molecule has 0 amide bonds. The fourth-order valence-electron chi connectivity index (χ4n) is 0.144. The highest BCUT2D eigenvalue weighted by atomic mass is 13.7. The van der Waals surface area contributed by atoms with E-state index in [4.69, 9.17) is 6.92 Å². The fourth-order valence-corrected chi connectivity index (χ4v) is 0.144. The second-order valence-electron chi connectivity index (χ2n) is 0.996. The third-order valence-corrected chi connectivity index (χ3v) is 0.454. The van der Waals surface area contributed by atoms with Crippen LogP contribution in [0.3, 0.4) is 0 Å². The molecular formula is C5H9. The molecular weight excluding hydrogens is 60.1 g/mol. The Balaban J connectivity index is 2.19. The van der Waals surface area contributed by atoms with Gasteiger partial charge in [-0.25, -0.2) is 6.42 Å². The zero-order valence-corrected chi connectivity index (χ0v) is 3.41. The van der Waals surface area contributed by atoms with Gasteiger partial charge in [0.05, 0.1) is 13.3 Å². The molecule has 1 radical (unpaired) electrons. The minimum absolute atomic E-state index is 0.781. The van der Waals surface area contributed by atoms with Crippen molar-refractivity contribution >= 4 is 0 Å². The summed E-state index contributed by atoms with van der Waals surface area (Å²) in [6, 6.07) is 0. The van der Waals surface area contributed by atoms with E-state index < -0.39 is 0 Å². The van der Waals surface area contributed by atoms with Crippen molar-refractivity contribution < 1.29 is 0 Å². The van der Waals surface area contributed by atoms with Crippen molar-refractivity contribution in [1.29, 1.82) is 0 Å². The first-order valence-corrected chi connectivity index (χ1v) is 1.91. The van der Waals surface area contributed by atoms with Gasteiger partial charge in [-0.2, -0.15) is 0 Å². The third-order valence-electron chi connectivity index (χ3n) is 0.454. The summed E-state index contributed by atoms with van der Waals surface area (Å²) < 4.78 is 0. The Morgan fingerprint density at radius 1 is 1.60 bits per heavy atom. The van der Waals surface area contributed by atoms with E-state index >= 15 is 0 Å². The molecule has 0 aliphatic carbocycles. The molecule has 0 heteroatoms. The summed E-state index contributed by atoms with van der Waals surface area (Å²) in [6.45, 7) is 8.69. The average Bonchev–Trinajstić information content (AvgIpc) is 1.41. The first-order valence-electron chi connectivity index (χ1n) is 1.91. The van der Waals surface area contributed by atoms with E-state index in [0.717, 1.165) is 19.3 Å². The molecule has 0 saturated heterocycles. The Hall–Kier alpha value is -0.130. The van der Waals surface area contributed by atoms with Crippen LogP contribution in [0.5, 0.6) is 0 Å². The lowest BCUT2D eigenvalue weighted by atomic mass is 10.3. The summed E-state index contributed by atoms with van der Waals surface area (Å²) in [5, 5.41) is 0. The predicted molar refractivity (Wildman–Crippen MR) is 23.5 cm³/mol. The summed E-state index contributed by atoms with van der Waals surface area (Å²) >= 11 is 0. The average molecular weight is 69.1 g/mol. The maximum Gasteiger partial charge on any atom is 0.0825 e. The molecule has 5 heavy (non-hydrogen) atoms. The summed E-state index contributed by atoms with van der Waals surface area (Å²) in [5.41, 5.74) is 0. The molecule has 0 N–H and O–H groups in total. The number of rotatable bonds is 2. The molecule has 0 bridgehead atoms. The molecule has 0 rings (SSSR count). The van der Waals surface area contributed by atoms with Crippen LogP contribution in [0.2, 0.25) is 0 Å². The number of hydrogen-bond donors (Lipinski definition) is 0. The van der Waals surface area contributed by atoms with E-state index in [1.54, 1.807) is 0 Å². The van der Waals surface area contributed by atoms with Gasteiger partial charge in [0.25, 0.3) is 0 Å². The van der Waals surface area contributed by atoms with Gasteiger partial charge in [0, 0.05) is 0 Å². The van der Waals surface area contributed by atoms with Crippen molar-refractivity contribution in [3.05, 3.63) is 13.8 Å². The monoisotopic (exact) mass is 69.1 g/mol. The molecule has 0 aromatic rings. The van der Waals surface area contributed by atoms with E-state index in [0.29, 0.717) is 0 Å². The van der Waals surface area contributed by atoms with Crippen molar-refractivity contribution in [3.8, 4) is 0 Å². The van der Waals surface area contributed by atoms with Crippen LogP contribution >= 0.6 is 0 Å². The van der Waals surface area contributed by atoms with Gasteiger partial charge in [0.1, 0.15) is 0 Å². The molecule has 0 nitrogen and oxygen atoms in total. The lowest BCUT2D eigenvalue weighted by molar-refractivity contribution is 0.864. The first kappa shape index (κ1) is 4.87. The summed E-state index contributed by atoms with van der Waals surface area (Å²) in [4.78, 5) is 0. The SMILES string of the molecule is [CH-]CCC[CH2+]. The zero-order valence-electron chi connectivity index (χ0n) is 3.41. The van der Waals surface area contributed by atoms with E-state index in [9.17, 15) is 0 Å². The maximum absolute atomic E-state index is 5.10. The number of unbranched alkanes of at least 4 members (excludes halogenated alkanes) is 2. The van der Waals surface area contributed by atoms with Crippen molar-refractivity contribution in [1.82, 2.24) is 0 Å². The molecule has 0 spiro atoms. The van der Waals surface area contributed by atoms with E-state index in [1.165, 1.54) is 0 Å². The normalized spacial score (nSPS) is 8.20. The van der Waals surface area contributed by atoms with E-state index in [-0.39, 0.29) is 0 Å². The van der Waals surface area contributed by atoms with Crippen LogP contribution < -0.4 is 0 Å². The largest absolute Gasteiger partial charge is 0.494 e. The maximum atomic E-state index is 5.10. The van der Waals surface area contributed by atoms with Crippen LogP contribution in [0, 0.1) is 13.8 Å². The van der Waals surface area contributed by atoms with Gasteiger partial charge in [-0.15, -0.1) is 0 Å². The standard InChI is InChI=1S/C5H9/c1-3-5-4-2/h1H,2-5H2. The van der Waals surface area contributed by atoms with E-state index in [1.807, 2.05) is 0 Å². The van der Waals surface area contributed by atoms with Crippen molar-refractivity contribution in [2.45, 2.75) is 19.3 Å². The fraction of sp³-hybridized carbons (Fsp3) is 0.600. The second kappa shape index (κ2) is 3.87. The van der Waals surface area contributed by atoms with Crippen LogP contribution in [-0.4, -0.2) is 0 Å². The van der Waals surface area contributed by atoms with Gasteiger partial charge in [-0.05, 0) is 6.42 Å². The Kier molecular flexibility index (Phi) is 3.77. The minimum Gasteiger partial charge on any atom is -0.494 e. The van der Waals surface area contributed by atoms with Gasteiger partial charge < -0.3 is 6.92 Å². The van der Waals surface area contributed by atoms with Gasteiger partial charge in [-0.1, -0.05) is 0 Å². The molecule has 0 aromatic carbocycles. The van der Waals surface area contributed by atoms with E-state index in [2.05, 4.69) is 6.92 Å². The molecule has 0 aromatic heterocycles. The summed E-state index contributed by atoms with van der Waals surface area (Å²) in [6.07, 6.45) is 2.81. The lowest BCUT2D eigenvalue weighted by Gasteiger charge is -1.85. The van der Waals surface area contributed by atoms with Gasteiger partial charge in [0.2, 0.25) is 0 Å². The molecule has 0 heterocycles. The molecule has 0 atom stereocenters. The topological polar surface area (TPSA) is 0 Å². The highest BCUT2D eigenvalue weighted by molar-refractivity contribution is 4.41. The molecule has 29 valence electrons. The van der Waals surface area contributed by atoms with Crippen molar-refractivity contribution in [3.63, 3.8) is 0 Å². The molecule has 0 saturated carbocycles. The van der Waals surface area contributed by atoms with Crippen LogP contribution in [0.25, 0.3) is 0 Å². The Labute approximate surface area is 34.2 Å². The van der Waals surface area contributed by atoms with Crippen LogP contribution in [0.15, 0.2) is 0 Å². The smallest absolute Gasteiger partial charge is 0.0825 e. The highest BCUT2D eigenvalue weighted by Crippen LogP contribution is 1.87. The van der Waals surface area contributed by atoms with Gasteiger partial charge in [0.15, 0.2) is 0 Å². The quantitative estimate of drug-likeness (QED) is 0.433. The van der Waals surface area contributed by atoms with Gasteiger partial charge >= 0.3 is 0 Å². The summed E-state index contributed by atoms with van der Waals surface area (Å²) in [7, 11) is 0. The summed E-state index contributed by atoms with van der Waals surface area (Å²) in [5.74, 6) is 0. The first-order chi connectivity index (χ1) is 2.41. The molecule has 0 aliphatic heterocycles. The van der Waals surface area contributed by atoms with Crippen LogP contribution in [0.1, 0.15) is 19.3 Å². The number of hydrogen-bond acceptors (Lipinski definition) is 0. The molecule has 0 aliphatic rings. The zero-order chi connectivity index (χ0) is 4.12. The lowest BCUT2D eigenvalue weighted by Crippen LogP contribution is -1.60. The van der Waals surface area contributed by atoms with Crippen LogP contribution in [0.4, 0.5) is 0 Å². The highest BCUT2D eigenvalue weighted by Gasteiger charge is 1.68. The second-order valence-corrected chi connectivity index (χ2v) is 0.996. The predicted octanol–water partition coefficient (Wildman–Crippen LogP) is 1.70. The Morgan fingerprint density at radius 3 is 2.20 bits per heavy atom. The third kappa shape index (κ3) is 3.87. The minimum atomic E-state index is 0.781.